The smallest absolute Gasteiger partial charge is 0.303 e. The van der Waals surface area contributed by atoms with Crippen LogP contribution in [0.2, 0.25) is 0 Å². The van der Waals surface area contributed by atoms with Crippen molar-refractivity contribution in [3.8, 4) is 0 Å². The van der Waals surface area contributed by atoms with E-state index < -0.39 is 5.97 Å². The molecule has 1 aromatic heterocycles. The zero-order chi connectivity index (χ0) is 29.6. The van der Waals surface area contributed by atoms with Crippen molar-refractivity contribution in [2.75, 3.05) is 13.1 Å². The Kier molecular flexibility index (Phi) is 11.9. The summed E-state index contributed by atoms with van der Waals surface area (Å²) < 4.78 is 0. The quantitative estimate of drug-likeness (QED) is 0.189. The van der Waals surface area contributed by atoms with Gasteiger partial charge in [0.15, 0.2) is 0 Å². The molecule has 3 aromatic carbocycles. The van der Waals surface area contributed by atoms with Crippen molar-refractivity contribution in [3.05, 3.63) is 137 Å². The van der Waals surface area contributed by atoms with Gasteiger partial charge in [-0.25, -0.2) is 0 Å². The first-order chi connectivity index (χ1) is 20.5. The number of carboxylic acids is 1. The van der Waals surface area contributed by atoms with Crippen LogP contribution in [0.4, 0.5) is 0 Å². The molecule has 5 rings (SSSR count). The number of nitrogens with zero attached hydrogens (tertiary/aromatic N) is 2. The standard InChI is InChI=1S/C34H36N2O.C3H6O2/c37-34(31-19-22-35-23-20-31)36(24-9-11-27-10-7-18-32(26-27)28-16-8-17-28)25-21-33(29-12-3-1-4-13-29)30-14-5-2-6-15-30;1-2-3(4)5/h1-7,10,12-15,18-20,22-23,26,28,33H,8-9,11,16-17,21,24-25H2;2H2,1H3,(H,4,5). The fourth-order valence-corrected chi connectivity index (χ4v) is 5.39. The highest BCUT2D eigenvalue weighted by molar-refractivity contribution is 5.94. The molecule has 0 radical (unpaired) electrons. The lowest BCUT2D eigenvalue weighted by Crippen LogP contribution is -2.34. The lowest BCUT2D eigenvalue weighted by molar-refractivity contribution is -0.136. The largest absolute Gasteiger partial charge is 0.481 e. The Hall–Kier alpha value is -4.25. The summed E-state index contributed by atoms with van der Waals surface area (Å²) in [6.07, 6.45) is 10.4. The molecule has 1 heterocycles. The van der Waals surface area contributed by atoms with Crippen LogP contribution in [0.1, 0.15) is 89.9 Å². The van der Waals surface area contributed by atoms with Gasteiger partial charge in [-0.05, 0) is 72.4 Å². The third kappa shape index (κ3) is 9.13. The predicted octanol–water partition coefficient (Wildman–Crippen LogP) is 8.13. The summed E-state index contributed by atoms with van der Waals surface area (Å²) in [6.45, 7) is 3.05. The van der Waals surface area contributed by atoms with Gasteiger partial charge in [0.1, 0.15) is 0 Å². The first-order valence-electron chi connectivity index (χ1n) is 15.1. The minimum absolute atomic E-state index is 0.0884. The minimum Gasteiger partial charge on any atom is -0.481 e. The summed E-state index contributed by atoms with van der Waals surface area (Å²) >= 11 is 0. The van der Waals surface area contributed by atoms with Gasteiger partial charge in [-0.3, -0.25) is 14.6 Å². The van der Waals surface area contributed by atoms with Crippen molar-refractivity contribution >= 4 is 11.9 Å². The van der Waals surface area contributed by atoms with Gasteiger partial charge in [-0.15, -0.1) is 0 Å². The van der Waals surface area contributed by atoms with Crippen molar-refractivity contribution < 1.29 is 14.7 Å². The number of carbonyl (C=O) groups excluding carboxylic acids is 1. The van der Waals surface area contributed by atoms with E-state index in [2.05, 4.69) is 89.9 Å². The SMILES string of the molecule is CCC(=O)O.O=C(c1ccncc1)N(CCCc1cccc(C2CCC2)c1)CCC(c1ccccc1)c1ccccc1. The topological polar surface area (TPSA) is 70.5 Å². The highest BCUT2D eigenvalue weighted by Crippen LogP contribution is 2.36. The van der Waals surface area contributed by atoms with Crippen LogP contribution in [0.3, 0.4) is 0 Å². The average molecular weight is 563 g/mol. The molecule has 218 valence electrons. The second kappa shape index (κ2) is 16.3. The molecule has 0 aliphatic heterocycles. The Morgan fingerprint density at radius 2 is 1.48 bits per heavy atom. The molecule has 1 N–H and O–H groups in total. The van der Waals surface area contributed by atoms with Gasteiger partial charge >= 0.3 is 5.97 Å². The van der Waals surface area contributed by atoms with Gasteiger partial charge in [-0.2, -0.15) is 0 Å². The zero-order valence-electron chi connectivity index (χ0n) is 24.6. The highest BCUT2D eigenvalue weighted by Gasteiger charge is 2.21. The second-order valence-corrected chi connectivity index (χ2v) is 10.9. The number of hydrogen-bond acceptors (Lipinski definition) is 3. The Labute approximate surface area is 250 Å². The van der Waals surface area contributed by atoms with Crippen LogP contribution < -0.4 is 0 Å². The fourth-order valence-electron chi connectivity index (χ4n) is 5.39. The van der Waals surface area contributed by atoms with Crippen molar-refractivity contribution in [3.63, 3.8) is 0 Å². The molecule has 1 saturated carbocycles. The van der Waals surface area contributed by atoms with E-state index in [0.717, 1.165) is 31.7 Å². The Morgan fingerprint density at radius 1 is 0.857 bits per heavy atom. The van der Waals surface area contributed by atoms with Crippen LogP contribution in [0, 0.1) is 0 Å². The molecule has 5 heteroatoms. The molecule has 0 saturated heterocycles. The summed E-state index contributed by atoms with van der Waals surface area (Å²) in [6, 6.07) is 34.1. The third-order valence-electron chi connectivity index (χ3n) is 8.03. The maximum Gasteiger partial charge on any atom is 0.303 e. The number of aromatic nitrogens is 1. The summed E-state index contributed by atoms with van der Waals surface area (Å²) in [5.74, 6) is 0.336. The van der Waals surface area contributed by atoms with Crippen molar-refractivity contribution in [1.82, 2.24) is 9.88 Å². The number of aliphatic carboxylic acids is 1. The molecule has 1 aliphatic rings. The Bertz CT molecular complexity index is 1330. The minimum atomic E-state index is -0.745. The second-order valence-electron chi connectivity index (χ2n) is 10.9. The van der Waals surface area contributed by atoms with E-state index in [0.29, 0.717) is 12.1 Å². The van der Waals surface area contributed by atoms with E-state index in [4.69, 9.17) is 5.11 Å². The summed E-state index contributed by atoms with van der Waals surface area (Å²) in [4.78, 5) is 29.1. The summed E-state index contributed by atoms with van der Waals surface area (Å²) in [5.41, 5.74) is 6.16. The average Bonchev–Trinajstić information content (AvgIpc) is 3.01. The number of amides is 1. The summed E-state index contributed by atoms with van der Waals surface area (Å²) in [5, 5.41) is 7.72. The van der Waals surface area contributed by atoms with E-state index in [9.17, 15) is 9.59 Å². The third-order valence-corrected chi connectivity index (χ3v) is 8.03. The van der Waals surface area contributed by atoms with Crippen LogP contribution in [-0.4, -0.2) is 40.0 Å². The van der Waals surface area contributed by atoms with Crippen LogP contribution in [0.15, 0.2) is 109 Å². The molecular weight excluding hydrogens is 520 g/mol. The fraction of sp³-hybridized carbons (Fsp3) is 0.324. The van der Waals surface area contributed by atoms with Gasteiger partial charge in [0.25, 0.3) is 5.91 Å². The zero-order valence-corrected chi connectivity index (χ0v) is 24.6. The summed E-state index contributed by atoms with van der Waals surface area (Å²) in [7, 11) is 0. The number of hydrogen-bond donors (Lipinski definition) is 1. The molecule has 1 fully saturated rings. The lowest BCUT2D eigenvalue weighted by atomic mass is 9.79. The van der Waals surface area contributed by atoms with Gasteiger partial charge < -0.3 is 10.0 Å². The molecule has 0 spiro atoms. The predicted molar refractivity (Wildman–Crippen MR) is 169 cm³/mol. The lowest BCUT2D eigenvalue weighted by Gasteiger charge is -2.27. The van der Waals surface area contributed by atoms with Gasteiger partial charge in [-0.1, -0.05) is 98.3 Å². The molecule has 0 bridgehead atoms. The van der Waals surface area contributed by atoms with Gasteiger partial charge in [0.05, 0.1) is 0 Å². The Balaban J connectivity index is 0.000000748. The molecule has 1 amide bonds. The van der Waals surface area contributed by atoms with E-state index in [1.54, 1.807) is 19.3 Å². The molecule has 5 nitrogen and oxygen atoms in total. The van der Waals surface area contributed by atoms with E-state index in [-0.39, 0.29) is 18.2 Å². The van der Waals surface area contributed by atoms with Crippen LogP contribution in [0.5, 0.6) is 0 Å². The number of carboxylic acid groups (broad SMARTS) is 1. The maximum atomic E-state index is 13.6. The molecule has 0 unspecified atom stereocenters. The molecule has 0 atom stereocenters. The monoisotopic (exact) mass is 562 g/mol. The van der Waals surface area contributed by atoms with E-state index in [1.165, 1.54) is 41.5 Å². The first kappa shape index (κ1) is 30.7. The highest BCUT2D eigenvalue weighted by atomic mass is 16.4. The number of rotatable bonds is 12. The van der Waals surface area contributed by atoms with Crippen molar-refractivity contribution in [2.24, 2.45) is 0 Å². The normalized spacial score (nSPS) is 12.6. The number of carbonyl (C=O) groups is 2. The van der Waals surface area contributed by atoms with Crippen LogP contribution >= 0.6 is 0 Å². The van der Waals surface area contributed by atoms with E-state index >= 15 is 0 Å². The van der Waals surface area contributed by atoms with Crippen molar-refractivity contribution in [2.45, 2.75) is 63.7 Å². The van der Waals surface area contributed by atoms with Crippen LogP contribution in [0.25, 0.3) is 0 Å². The number of pyridine rings is 1. The molecular formula is C37H42N2O3. The molecule has 1 aliphatic carbocycles. The van der Waals surface area contributed by atoms with E-state index in [1.807, 2.05) is 17.0 Å². The molecule has 4 aromatic rings. The first-order valence-corrected chi connectivity index (χ1v) is 15.1. The van der Waals surface area contributed by atoms with Gasteiger partial charge in [0.2, 0.25) is 0 Å². The van der Waals surface area contributed by atoms with Crippen LogP contribution in [-0.2, 0) is 11.2 Å². The van der Waals surface area contributed by atoms with Crippen molar-refractivity contribution in [1.29, 1.82) is 0 Å². The Morgan fingerprint density at radius 3 is 2.02 bits per heavy atom. The molecule has 42 heavy (non-hydrogen) atoms. The van der Waals surface area contributed by atoms with Gasteiger partial charge in [0, 0.05) is 43.4 Å². The maximum absolute atomic E-state index is 13.6. The number of benzene rings is 3. The number of aryl methyl sites for hydroxylation is 1.